The summed E-state index contributed by atoms with van der Waals surface area (Å²) >= 11 is 1.62. The number of anilines is 1. The zero-order valence-electron chi connectivity index (χ0n) is 14.2. The van der Waals surface area contributed by atoms with E-state index in [2.05, 4.69) is 45.6 Å². The Hall–Kier alpha value is -2.76. The van der Waals surface area contributed by atoms with E-state index in [1.165, 1.54) is 11.1 Å². The van der Waals surface area contributed by atoms with Crippen molar-refractivity contribution in [2.24, 2.45) is 0 Å². The first-order valence-electron chi connectivity index (χ1n) is 8.51. The molecular formula is C21H19N3OS. The van der Waals surface area contributed by atoms with Gasteiger partial charge in [0.25, 0.3) is 0 Å². The summed E-state index contributed by atoms with van der Waals surface area (Å²) < 4.78 is 6.00. The maximum absolute atomic E-state index is 6.00. The number of hydrogen-bond donors (Lipinski definition) is 1. The van der Waals surface area contributed by atoms with E-state index in [0.717, 1.165) is 16.0 Å². The lowest BCUT2D eigenvalue weighted by atomic mass is 10.1. The predicted octanol–water partition coefficient (Wildman–Crippen LogP) is 5.06. The second-order valence-corrected chi connectivity index (χ2v) is 6.86. The van der Waals surface area contributed by atoms with E-state index in [0.29, 0.717) is 13.2 Å². The monoisotopic (exact) mass is 361 g/mol. The Morgan fingerprint density at radius 2 is 1.69 bits per heavy atom. The van der Waals surface area contributed by atoms with Crippen molar-refractivity contribution in [2.45, 2.75) is 12.6 Å². The molecule has 1 N–H and O–H groups in total. The van der Waals surface area contributed by atoms with Crippen LogP contribution >= 0.6 is 11.3 Å². The second-order valence-electron chi connectivity index (χ2n) is 5.97. The standard InChI is InChI=1S/C21H19N3OS/c1-3-7-16(8-4-1)13-25-14-19(17-9-5-2-6-10-17)24-20-18-11-12-26-21(18)23-15-22-20/h1-12,15,19H,13-14H2,(H,22,23,24)/t19-/m1/s1. The highest BCUT2D eigenvalue weighted by Crippen LogP contribution is 2.27. The molecule has 0 amide bonds. The van der Waals surface area contributed by atoms with Gasteiger partial charge >= 0.3 is 0 Å². The van der Waals surface area contributed by atoms with Crippen molar-refractivity contribution in [3.63, 3.8) is 0 Å². The summed E-state index contributed by atoms with van der Waals surface area (Å²) in [6, 6.07) is 22.6. The highest BCUT2D eigenvalue weighted by atomic mass is 32.1. The number of ether oxygens (including phenoxy) is 1. The molecule has 0 aliphatic carbocycles. The van der Waals surface area contributed by atoms with Gasteiger partial charge in [0.2, 0.25) is 0 Å². The topological polar surface area (TPSA) is 47.0 Å². The Bertz CT molecular complexity index is 957. The molecule has 0 saturated carbocycles. The fraction of sp³-hybridized carbons (Fsp3) is 0.143. The highest BCUT2D eigenvalue weighted by Gasteiger charge is 2.14. The first-order valence-corrected chi connectivity index (χ1v) is 9.39. The van der Waals surface area contributed by atoms with Crippen LogP contribution in [-0.4, -0.2) is 16.6 Å². The summed E-state index contributed by atoms with van der Waals surface area (Å²) in [5.74, 6) is 0.841. The number of fused-ring (bicyclic) bond motifs is 1. The van der Waals surface area contributed by atoms with Crippen molar-refractivity contribution in [3.05, 3.63) is 89.6 Å². The molecule has 0 spiro atoms. The molecule has 130 valence electrons. The molecule has 0 saturated heterocycles. The van der Waals surface area contributed by atoms with Gasteiger partial charge in [0.15, 0.2) is 0 Å². The third-order valence-corrected chi connectivity index (χ3v) is 4.99. The van der Waals surface area contributed by atoms with Crippen LogP contribution in [-0.2, 0) is 11.3 Å². The lowest BCUT2D eigenvalue weighted by Crippen LogP contribution is -2.18. The molecule has 0 radical (unpaired) electrons. The Morgan fingerprint density at radius 1 is 0.923 bits per heavy atom. The van der Waals surface area contributed by atoms with Crippen LogP contribution in [0.1, 0.15) is 17.2 Å². The van der Waals surface area contributed by atoms with Crippen LogP contribution in [0.3, 0.4) is 0 Å². The summed E-state index contributed by atoms with van der Waals surface area (Å²) in [5.41, 5.74) is 2.34. The lowest BCUT2D eigenvalue weighted by Gasteiger charge is -2.20. The molecule has 0 aliphatic heterocycles. The zero-order valence-corrected chi connectivity index (χ0v) is 15.0. The SMILES string of the molecule is c1ccc(COC[C@@H](Nc2ncnc3sccc23)c2ccccc2)cc1. The van der Waals surface area contributed by atoms with Gasteiger partial charge in [-0.2, -0.15) is 0 Å². The Balaban J connectivity index is 1.52. The Labute approximate surface area is 156 Å². The smallest absolute Gasteiger partial charge is 0.138 e. The fourth-order valence-electron chi connectivity index (χ4n) is 2.85. The molecule has 2 aromatic heterocycles. The third-order valence-electron chi connectivity index (χ3n) is 4.17. The van der Waals surface area contributed by atoms with Crippen molar-refractivity contribution in [1.29, 1.82) is 0 Å². The van der Waals surface area contributed by atoms with Gasteiger partial charge in [0, 0.05) is 0 Å². The molecule has 2 heterocycles. The minimum Gasteiger partial charge on any atom is -0.374 e. The van der Waals surface area contributed by atoms with Crippen LogP contribution in [0.4, 0.5) is 5.82 Å². The molecule has 4 nitrogen and oxygen atoms in total. The summed E-state index contributed by atoms with van der Waals surface area (Å²) in [6.07, 6.45) is 1.61. The Morgan fingerprint density at radius 3 is 2.50 bits per heavy atom. The van der Waals surface area contributed by atoms with Gasteiger partial charge in [0.1, 0.15) is 17.0 Å². The van der Waals surface area contributed by atoms with Gasteiger partial charge in [0.05, 0.1) is 24.6 Å². The van der Waals surface area contributed by atoms with Crippen LogP contribution in [0.5, 0.6) is 0 Å². The second kappa shape index (κ2) is 8.08. The molecule has 0 bridgehead atoms. The van der Waals surface area contributed by atoms with Crippen molar-refractivity contribution < 1.29 is 4.74 Å². The first-order chi connectivity index (χ1) is 12.9. The molecule has 26 heavy (non-hydrogen) atoms. The molecule has 2 aromatic carbocycles. The van der Waals surface area contributed by atoms with Gasteiger partial charge in [-0.25, -0.2) is 9.97 Å². The highest BCUT2D eigenvalue weighted by molar-refractivity contribution is 7.16. The first kappa shape index (κ1) is 16.7. The number of rotatable bonds is 7. The molecular weight excluding hydrogens is 342 g/mol. The van der Waals surface area contributed by atoms with Crippen LogP contribution in [0.25, 0.3) is 10.2 Å². The Kier molecular flexibility index (Phi) is 5.19. The van der Waals surface area contributed by atoms with Crippen molar-refractivity contribution >= 4 is 27.4 Å². The van der Waals surface area contributed by atoms with E-state index in [1.807, 2.05) is 41.8 Å². The number of nitrogens with zero attached hydrogens (tertiary/aromatic N) is 2. The van der Waals surface area contributed by atoms with Crippen molar-refractivity contribution in [3.8, 4) is 0 Å². The number of hydrogen-bond acceptors (Lipinski definition) is 5. The molecule has 0 unspecified atom stereocenters. The quantitative estimate of drug-likeness (QED) is 0.500. The van der Waals surface area contributed by atoms with Crippen LogP contribution in [0, 0.1) is 0 Å². The normalized spacial score (nSPS) is 12.2. The van der Waals surface area contributed by atoms with Gasteiger partial charge in [-0.1, -0.05) is 60.7 Å². The van der Waals surface area contributed by atoms with Gasteiger partial charge in [-0.05, 0) is 22.6 Å². The number of thiophene rings is 1. The van der Waals surface area contributed by atoms with Gasteiger partial charge in [-0.3, -0.25) is 0 Å². The number of aromatic nitrogens is 2. The lowest BCUT2D eigenvalue weighted by molar-refractivity contribution is 0.112. The minimum absolute atomic E-state index is 0.0120. The number of nitrogens with one attached hydrogen (secondary N) is 1. The minimum atomic E-state index is 0.0120. The summed E-state index contributed by atoms with van der Waals surface area (Å²) in [5, 5.41) is 6.62. The molecule has 4 rings (SSSR count). The van der Waals surface area contributed by atoms with E-state index in [-0.39, 0.29) is 6.04 Å². The predicted molar refractivity (Wildman–Crippen MR) is 106 cm³/mol. The van der Waals surface area contributed by atoms with Crippen molar-refractivity contribution in [2.75, 3.05) is 11.9 Å². The van der Waals surface area contributed by atoms with Gasteiger partial charge < -0.3 is 10.1 Å². The van der Waals surface area contributed by atoms with Crippen LogP contribution < -0.4 is 5.32 Å². The average molecular weight is 361 g/mol. The number of benzene rings is 2. The van der Waals surface area contributed by atoms with Crippen molar-refractivity contribution in [1.82, 2.24) is 9.97 Å². The van der Waals surface area contributed by atoms with E-state index in [1.54, 1.807) is 17.7 Å². The average Bonchev–Trinajstić information content (AvgIpc) is 3.18. The van der Waals surface area contributed by atoms with E-state index >= 15 is 0 Å². The van der Waals surface area contributed by atoms with E-state index in [9.17, 15) is 0 Å². The third kappa shape index (κ3) is 3.90. The largest absolute Gasteiger partial charge is 0.374 e. The van der Waals surface area contributed by atoms with Crippen LogP contribution in [0.15, 0.2) is 78.4 Å². The maximum atomic E-state index is 6.00. The molecule has 5 heteroatoms. The summed E-state index contributed by atoms with van der Waals surface area (Å²) in [7, 11) is 0. The molecule has 0 aliphatic rings. The molecule has 4 aromatic rings. The summed E-state index contributed by atoms with van der Waals surface area (Å²) in [6.45, 7) is 1.14. The van der Waals surface area contributed by atoms with Gasteiger partial charge in [-0.15, -0.1) is 11.3 Å². The van der Waals surface area contributed by atoms with Crippen LogP contribution in [0.2, 0.25) is 0 Å². The maximum Gasteiger partial charge on any atom is 0.138 e. The summed E-state index contributed by atoms with van der Waals surface area (Å²) in [4.78, 5) is 9.75. The zero-order chi connectivity index (χ0) is 17.6. The van der Waals surface area contributed by atoms with E-state index in [4.69, 9.17) is 4.74 Å². The molecule has 0 fully saturated rings. The molecule has 1 atom stereocenters. The fourth-order valence-corrected chi connectivity index (χ4v) is 3.58. The van der Waals surface area contributed by atoms with E-state index < -0.39 is 0 Å².